The number of rotatable bonds is 5. The fourth-order valence-electron chi connectivity index (χ4n) is 1.13. The fraction of sp³-hybridized carbons (Fsp3) is 0.364. The molecule has 0 saturated heterocycles. The van der Waals surface area contributed by atoms with E-state index in [-0.39, 0.29) is 0 Å². The van der Waals surface area contributed by atoms with Gasteiger partial charge in [-0.1, -0.05) is 23.7 Å². The summed E-state index contributed by atoms with van der Waals surface area (Å²) in [5.74, 6) is 0.888. The van der Waals surface area contributed by atoms with Crippen LogP contribution in [0.4, 0.5) is 0 Å². The summed E-state index contributed by atoms with van der Waals surface area (Å²) in [5.41, 5.74) is 0.811. The lowest BCUT2D eigenvalue weighted by Crippen LogP contribution is -2.04. The zero-order chi connectivity index (χ0) is 11.1. The molecular weight excluding hydrogens is 230 g/mol. The molecule has 0 amide bonds. The van der Waals surface area contributed by atoms with Crippen LogP contribution in [0.15, 0.2) is 24.3 Å². The molecule has 0 N–H and O–H groups in total. The Labute approximate surface area is 99.2 Å². The van der Waals surface area contributed by atoms with Crippen LogP contribution in [0, 0.1) is 11.3 Å². The molecule has 1 rings (SSSR count). The number of thioether (sulfide) groups is 1. The molecule has 1 unspecified atom stereocenters. The lowest BCUT2D eigenvalue weighted by atomic mass is 10.1. The molecule has 0 aliphatic carbocycles. The maximum absolute atomic E-state index is 8.94. The Morgan fingerprint density at radius 1 is 1.60 bits per heavy atom. The van der Waals surface area contributed by atoms with E-state index >= 15 is 0 Å². The third-order valence-corrected chi connectivity index (χ3v) is 2.65. The number of hydrogen-bond acceptors (Lipinski definition) is 3. The van der Waals surface area contributed by atoms with Gasteiger partial charge in [-0.25, -0.2) is 0 Å². The van der Waals surface area contributed by atoms with Gasteiger partial charge in [0, 0.05) is 10.8 Å². The maximum Gasteiger partial charge on any atom is 0.169 e. The Hall–Kier alpha value is -0.690. The summed E-state index contributed by atoms with van der Waals surface area (Å²) in [7, 11) is 0. The highest BCUT2D eigenvalue weighted by molar-refractivity contribution is 7.98. The second-order valence-corrected chi connectivity index (χ2v) is 4.35. The molecule has 80 valence electrons. The van der Waals surface area contributed by atoms with E-state index in [0.29, 0.717) is 11.6 Å². The van der Waals surface area contributed by atoms with Crippen molar-refractivity contribution in [2.24, 2.45) is 0 Å². The Kier molecular flexibility index (Phi) is 5.56. The highest BCUT2D eigenvalue weighted by Crippen LogP contribution is 2.20. The summed E-state index contributed by atoms with van der Waals surface area (Å²) in [5, 5.41) is 9.57. The third-order valence-electron chi connectivity index (χ3n) is 1.84. The average molecular weight is 242 g/mol. The van der Waals surface area contributed by atoms with Crippen molar-refractivity contribution in [2.75, 3.05) is 18.6 Å². The van der Waals surface area contributed by atoms with Crippen LogP contribution in [-0.4, -0.2) is 18.6 Å². The zero-order valence-corrected chi connectivity index (χ0v) is 10.0. The van der Waals surface area contributed by atoms with E-state index in [1.54, 1.807) is 23.9 Å². The minimum atomic E-state index is -0.518. The lowest BCUT2D eigenvalue weighted by molar-refractivity contribution is 0.104. The molecule has 1 atom stereocenters. The van der Waals surface area contributed by atoms with Gasteiger partial charge in [-0.2, -0.15) is 17.0 Å². The van der Waals surface area contributed by atoms with Crippen molar-refractivity contribution in [3.8, 4) is 6.07 Å². The van der Waals surface area contributed by atoms with Crippen LogP contribution >= 0.6 is 23.4 Å². The van der Waals surface area contributed by atoms with Crippen LogP contribution in [0.25, 0.3) is 0 Å². The van der Waals surface area contributed by atoms with Crippen LogP contribution in [0.1, 0.15) is 11.7 Å². The minimum absolute atomic E-state index is 0.518. The summed E-state index contributed by atoms with van der Waals surface area (Å²) >= 11 is 7.53. The monoisotopic (exact) mass is 241 g/mol. The first-order valence-electron chi connectivity index (χ1n) is 4.53. The summed E-state index contributed by atoms with van der Waals surface area (Å²) in [6.07, 6.45) is 1.49. The molecule has 2 nitrogen and oxygen atoms in total. The second-order valence-electron chi connectivity index (χ2n) is 2.93. The average Bonchev–Trinajstić information content (AvgIpc) is 2.24. The third kappa shape index (κ3) is 4.13. The van der Waals surface area contributed by atoms with Gasteiger partial charge in [-0.05, 0) is 24.0 Å². The van der Waals surface area contributed by atoms with Gasteiger partial charge >= 0.3 is 0 Å². The molecule has 0 saturated carbocycles. The molecule has 1 aromatic carbocycles. The van der Waals surface area contributed by atoms with E-state index in [4.69, 9.17) is 21.6 Å². The predicted octanol–water partition coefficient (Wildman–Crippen LogP) is 3.28. The van der Waals surface area contributed by atoms with Gasteiger partial charge in [0.25, 0.3) is 0 Å². The van der Waals surface area contributed by atoms with Gasteiger partial charge in [-0.3, -0.25) is 0 Å². The van der Waals surface area contributed by atoms with Crippen LogP contribution in [-0.2, 0) is 4.74 Å². The molecular formula is C11H12ClNOS. The molecule has 0 aromatic heterocycles. The van der Waals surface area contributed by atoms with Gasteiger partial charge in [0.15, 0.2) is 6.10 Å². The molecule has 0 spiro atoms. The molecule has 0 bridgehead atoms. The van der Waals surface area contributed by atoms with Crippen molar-refractivity contribution in [2.45, 2.75) is 6.10 Å². The first-order chi connectivity index (χ1) is 7.27. The van der Waals surface area contributed by atoms with Crippen LogP contribution in [0.5, 0.6) is 0 Å². The maximum atomic E-state index is 8.94. The highest BCUT2D eigenvalue weighted by Gasteiger charge is 2.10. The SMILES string of the molecule is CSCCOC(C#N)c1cccc(Cl)c1. The topological polar surface area (TPSA) is 33.0 Å². The number of hydrogen-bond donors (Lipinski definition) is 0. The minimum Gasteiger partial charge on any atom is -0.358 e. The molecule has 1 aromatic rings. The quantitative estimate of drug-likeness (QED) is 0.742. The normalized spacial score (nSPS) is 12.1. The van der Waals surface area contributed by atoms with Crippen molar-refractivity contribution in [1.29, 1.82) is 5.26 Å². The van der Waals surface area contributed by atoms with E-state index in [0.717, 1.165) is 11.3 Å². The van der Waals surface area contributed by atoms with Crippen LogP contribution < -0.4 is 0 Å². The highest BCUT2D eigenvalue weighted by atomic mass is 35.5. The Morgan fingerprint density at radius 3 is 3.00 bits per heavy atom. The number of nitrogens with zero attached hydrogens (tertiary/aromatic N) is 1. The smallest absolute Gasteiger partial charge is 0.169 e. The van der Waals surface area contributed by atoms with E-state index in [2.05, 4.69) is 6.07 Å². The zero-order valence-electron chi connectivity index (χ0n) is 8.44. The van der Waals surface area contributed by atoms with Gasteiger partial charge in [-0.15, -0.1) is 0 Å². The fourth-order valence-corrected chi connectivity index (χ4v) is 1.59. The van der Waals surface area contributed by atoms with Crippen molar-refractivity contribution >= 4 is 23.4 Å². The standard InChI is InChI=1S/C11H12ClNOS/c1-15-6-5-14-11(8-13)9-3-2-4-10(12)7-9/h2-4,7,11H,5-6H2,1H3. The van der Waals surface area contributed by atoms with Crippen molar-refractivity contribution < 1.29 is 4.74 Å². The molecule has 0 heterocycles. The number of nitriles is 1. The first-order valence-corrected chi connectivity index (χ1v) is 6.30. The summed E-state index contributed by atoms with van der Waals surface area (Å²) < 4.78 is 5.43. The van der Waals surface area contributed by atoms with E-state index in [1.807, 2.05) is 18.4 Å². The van der Waals surface area contributed by atoms with Gasteiger partial charge in [0.1, 0.15) is 0 Å². The van der Waals surface area contributed by atoms with Crippen molar-refractivity contribution in [3.05, 3.63) is 34.9 Å². The van der Waals surface area contributed by atoms with Crippen molar-refractivity contribution in [3.63, 3.8) is 0 Å². The van der Waals surface area contributed by atoms with Crippen molar-refractivity contribution in [1.82, 2.24) is 0 Å². The number of ether oxygens (including phenoxy) is 1. The molecule has 15 heavy (non-hydrogen) atoms. The molecule has 0 aliphatic rings. The van der Waals surface area contributed by atoms with E-state index in [1.165, 1.54) is 0 Å². The largest absolute Gasteiger partial charge is 0.358 e. The predicted molar refractivity (Wildman–Crippen MR) is 64.1 cm³/mol. The number of benzene rings is 1. The van der Waals surface area contributed by atoms with Crippen LogP contribution in [0.2, 0.25) is 5.02 Å². The number of halogens is 1. The lowest BCUT2D eigenvalue weighted by Gasteiger charge is -2.10. The van der Waals surface area contributed by atoms with E-state index in [9.17, 15) is 0 Å². The molecule has 4 heteroatoms. The van der Waals surface area contributed by atoms with E-state index < -0.39 is 6.10 Å². The Balaban J connectivity index is 2.63. The second kappa shape index (κ2) is 6.73. The first kappa shape index (κ1) is 12.4. The summed E-state index contributed by atoms with van der Waals surface area (Å²) in [6.45, 7) is 0.575. The molecule has 0 radical (unpaired) electrons. The van der Waals surface area contributed by atoms with Gasteiger partial charge in [0.05, 0.1) is 12.7 Å². The molecule has 0 aliphatic heterocycles. The summed E-state index contributed by atoms with van der Waals surface area (Å²) in [4.78, 5) is 0. The Morgan fingerprint density at radius 2 is 2.40 bits per heavy atom. The molecule has 0 fully saturated rings. The van der Waals surface area contributed by atoms with Gasteiger partial charge < -0.3 is 4.74 Å². The van der Waals surface area contributed by atoms with Crippen LogP contribution in [0.3, 0.4) is 0 Å². The van der Waals surface area contributed by atoms with Gasteiger partial charge in [0.2, 0.25) is 0 Å². The summed E-state index contributed by atoms with van der Waals surface area (Å²) in [6, 6.07) is 9.32. The Bertz CT molecular complexity index is 351.